The summed E-state index contributed by atoms with van der Waals surface area (Å²) in [5.41, 5.74) is 4.13. The highest BCUT2D eigenvalue weighted by Gasteiger charge is 2.44. The number of hydrogen-bond donors (Lipinski definition) is 0. The quantitative estimate of drug-likeness (QED) is 0.576. The van der Waals surface area contributed by atoms with Gasteiger partial charge in [-0.2, -0.15) is 0 Å². The van der Waals surface area contributed by atoms with Gasteiger partial charge in [0, 0.05) is 0 Å². The van der Waals surface area contributed by atoms with Gasteiger partial charge in [0.15, 0.2) is 0 Å². The molecule has 3 aliphatic carbocycles. The van der Waals surface area contributed by atoms with Crippen molar-refractivity contribution in [2.75, 3.05) is 0 Å². The van der Waals surface area contributed by atoms with Crippen LogP contribution >= 0.6 is 0 Å². The van der Waals surface area contributed by atoms with Gasteiger partial charge in [-0.25, -0.2) is 0 Å². The Morgan fingerprint density at radius 1 is 1.21 bits per heavy atom. The van der Waals surface area contributed by atoms with Gasteiger partial charge >= 0.3 is 0 Å². The van der Waals surface area contributed by atoms with Crippen molar-refractivity contribution in [3.63, 3.8) is 0 Å². The highest BCUT2D eigenvalue weighted by Crippen LogP contribution is 2.56. The van der Waals surface area contributed by atoms with E-state index in [0.29, 0.717) is 5.41 Å². The molecule has 3 aliphatic rings. The lowest BCUT2D eigenvalue weighted by molar-refractivity contribution is 0.224. The molecule has 0 amide bonds. The summed E-state index contributed by atoms with van der Waals surface area (Å²) < 4.78 is 0. The lowest BCUT2D eigenvalue weighted by atomic mass is 9.72. The molecule has 0 nitrogen and oxygen atoms in total. The van der Waals surface area contributed by atoms with Crippen LogP contribution < -0.4 is 0 Å². The van der Waals surface area contributed by atoms with Crippen molar-refractivity contribution in [2.45, 2.75) is 78.1 Å². The summed E-state index contributed by atoms with van der Waals surface area (Å²) in [6, 6.07) is 0. The average Bonchev–Trinajstić information content (AvgIpc) is 3.02. The standard InChI is InChI=1S/C19H30/c1-3-4-13-19(2)14-17(15-9-6-5-7-10-15)16-11-8-12-18(16)19/h8,12,15,17H,3-7,9-11,13-14H2,1-2H3. The Balaban J connectivity index is 1.78. The van der Waals surface area contributed by atoms with Gasteiger partial charge in [0.1, 0.15) is 0 Å². The van der Waals surface area contributed by atoms with Crippen molar-refractivity contribution in [3.05, 3.63) is 23.3 Å². The maximum absolute atomic E-state index is 2.55. The molecular weight excluding hydrogens is 228 g/mol. The third-order valence-corrected chi connectivity index (χ3v) is 6.04. The van der Waals surface area contributed by atoms with Crippen LogP contribution in [0.5, 0.6) is 0 Å². The molecule has 19 heavy (non-hydrogen) atoms. The van der Waals surface area contributed by atoms with Crippen LogP contribution in [0.25, 0.3) is 0 Å². The summed E-state index contributed by atoms with van der Waals surface area (Å²) in [5, 5.41) is 0. The van der Waals surface area contributed by atoms with Crippen molar-refractivity contribution in [3.8, 4) is 0 Å². The molecule has 0 radical (unpaired) electrons. The zero-order valence-electron chi connectivity index (χ0n) is 12.9. The maximum Gasteiger partial charge on any atom is -0.00698 e. The second-order valence-electron chi connectivity index (χ2n) is 7.42. The summed E-state index contributed by atoms with van der Waals surface area (Å²) in [5.74, 6) is 1.95. The topological polar surface area (TPSA) is 0 Å². The van der Waals surface area contributed by atoms with E-state index in [4.69, 9.17) is 0 Å². The van der Waals surface area contributed by atoms with E-state index < -0.39 is 0 Å². The van der Waals surface area contributed by atoms with Gasteiger partial charge in [-0.1, -0.05) is 63.7 Å². The Labute approximate surface area is 119 Å². The van der Waals surface area contributed by atoms with Crippen molar-refractivity contribution >= 4 is 0 Å². The molecule has 0 N–H and O–H groups in total. The minimum absolute atomic E-state index is 0.514. The van der Waals surface area contributed by atoms with Crippen LogP contribution in [0.4, 0.5) is 0 Å². The van der Waals surface area contributed by atoms with Gasteiger partial charge < -0.3 is 0 Å². The normalized spacial score (nSPS) is 35.2. The van der Waals surface area contributed by atoms with Gasteiger partial charge in [0.05, 0.1) is 0 Å². The molecule has 3 rings (SSSR count). The van der Waals surface area contributed by atoms with E-state index in [1.54, 1.807) is 5.57 Å². The average molecular weight is 258 g/mol. The Morgan fingerprint density at radius 3 is 2.74 bits per heavy atom. The third-order valence-electron chi connectivity index (χ3n) is 6.04. The molecule has 0 aromatic rings. The Kier molecular flexibility index (Phi) is 3.87. The molecule has 1 fully saturated rings. The first-order valence-corrected chi connectivity index (χ1v) is 8.64. The van der Waals surface area contributed by atoms with E-state index in [1.807, 2.05) is 5.57 Å². The second-order valence-corrected chi connectivity index (χ2v) is 7.42. The summed E-state index contributed by atoms with van der Waals surface area (Å²) in [7, 11) is 0. The Hall–Kier alpha value is -0.520. The Morgan fingerprint density at radius 2 is 2.00 bits per heavy atom. The van der Waals surface area contributed by atoms with E-state index in [1.165, 1.54) is 64.2 Å². The highest BCUT2D eigenvalue weighted by atomic mass is 14.5. The van der Waals surface area contributed by atoms with Crippen molar-refractivity contribution in [2.24, 2.45) is 17.3 Å². The summed E-state index contributed by atoms with van der Waals surface area (Å²) in [6.45, 7) is 4.88. The van der Waals surface area contributed by atoms with Crippen LogP contribution in [0.15, 0.2) is 23.3 Å². The molecule has 0 aliphatic heterocycles. The van der Waals surface area contributed by atoms with Gasteiger partial charge in [0.25, 0.3) is 0 Å². The van der Waals surface area contributed by atoms with Gasteiger partial charge in [-0.05, 0) is 54.9 Å². The lowest BCUT2D eigenvalue weighted by Crippen LogP contribution is -2.21. The zero-order chi connectivity index (χ0) is 13.3. The molecule has 0 aromatic carbocycles. The van der Waals surface area contributed by atoms with Crippen LogP contribution in [0, 0.1) is 17.3 Å². The second kappa shape index (κ2) is 5.46. The molecule has 0 heterocycles. The van der Waals surface area contributed by atoms with E-state index in [2.05, 4.69) is 26.0 Å². The monoisotopic (exact) mass is 258 g/mol. The number of unbranched alkanes of at least 4 members (excludes halogenated alkanes) is 1. The Bertz CT molecular complexity index is 381. The van der Waals surface area contributed by atoms with Crippen molar-refractivity contribution in [1.82, 2.24) is 0 Å². The number of allylic oxidation sites excluding steroid dienone is 4. The van der Waals surface area contributed by atoms with Crippen LogP contribution in [0.1, 0.15) is 78.1 Å². The fourth-order valence-electron chi connectivity index (χ4n) is 4.97. The fraction of sp³-hybridized carbons (Fsp3) is 0.789. The summed E-state index contributed by atoms with van der Waals surface area (Å²) >= 11 is 0. The predicted molar refractivity (Wildman–Crippen MR) is 83.1 cm³/mol. The van der Waals surface area contributed by atoms with Crippen molar-refractivity contribution in [1.29, 1.82) is 0 Å². The van der Waals surface area contributed by atoms with Crippen molar-refractivity contribution < 1.29 is 0 Å². The number of rotatable bonds is 4. The molecule has 0 bridgehead atoms. The van der Waals surface area contributed by atoms with E-state index in [-0.39, 0.29) is 0 Å². The molecule has 2 unspecified atom stereocenters. The van der Waals surface area contributed by atoms with E-state index in [0.717, 1.165) is 11.8 Å². The van der Waals surface area contributed by atoms with Gasteiger partial charge in [-0.15, -0.1) is 0 Å². The first kappa shape index (κ1) is 13.5. The number of hydrogen-bond acceptors (Lipinski definition) is 0. The first-order valence-electron chi connectivity index (χ1n) is 8.64. The van der Waals surface area contributed by atoms with Gasteiger partial charge in [-0.3, -0.25) is 0 Å². The first-order chi connectivity index (χ1) is 9.24. The molecule has 1 saturated carbocycles. The zero-order valence-corrected chi connectivity index (χ0v) is 12.9. The molecular formula is C19H30. The third kappa shape index (κ3) is 2.43. The van der Waals surface area contributed by atoms with E-state index >= 15 is 0 Å². The minimum Gasteiger partial charge on any atom is -0.0801 e. The molecule has 0 saturated heterocycles. The fourth-order valence-corrected chi connectivity index (χ4v) is 4.97. The molecule has 106 valence electrons. The predicted octanol–water partition coefficient (Wildman–Crippen LogP) is 6.04. The highest BCUT2D eigenvalue weighted by molar-refractivity contribution is 5.44. The largest absolute Gasteiger partial charge is 0.0801 e. The molecule has 2 atom stereocenters. The molecule has 0 aromatic heterocycles. The molecule has 0 heteroatoms. The maximum atomic E-state index is 2.55. The SMILES string of the molecule is CCCCC1(C)CC(C2CCCCC2)C2=C1C=CC2. The van der Waals surface area contributed by atoms with Gasteiger partial charge in [0.2, 0.25) is 0 Å². The summed E-state index contributed by atoms with van der Waals surface area (Å²) in [4.78, 5) is 0. The minimum atomic E-state index is 0.514. The summed E-state index contributed by atoms with van der Waals surface area (Å²) in [6.07, 6.45) is 19.3. The smallest absolute Gasteiger partial charge is 0.00698 e. The van der Waals surface area contributed by atoms with Crippen LogP contribution in [0.2, 0.25) is 0 Å². The molecule has 0 spiro atoms. The van der Waals surface area contributed by atoms with Crippen LogP contribution in [0.3, 0.4) is 0 Å². The van der Waals surface area contributed by atoms with Crippen LogP contribution in [-0.2, 0) is 0 Å². The van der Waals surface area contributed by atoms with Crippen LogP contribution in [-0.4, -0.2) is 0 Å². The lowest BCUT2D eigenvalue weighted by Gasteiger charge is -2.32. The van der Waals surface area contributed by atoms with E-state index in [9.17, 15) is 0 Å².